The van der Waals surface area contributed by atoms with Gasteiger partial charge in [-0.05, 0) is 31.5 Å². The molecule has 0 aromatic heterocycles. The average molecular weight is 278 g/mol. The summed E-state index contributed by atoms with van der Waals surface area (Å²) in [5.74, 6) is 4.35. The quantitative estimate of drug-likeness (QED) is 0.430. The van der Waals surface area contributed by atoms with Crippen molar-refractivity contribution in [1.82, 2.24) is 5.43 Å². The van der Waals surface area contributed by atoms with Crippen molar-refractivity contribution in [2.45, 2.75) is 20.8 Å². The predicted molar refractivity (Wildman–Crippen MR) is 74.5 cm³/mol. The summed E-state index contributed by atoms with van der Waals surface area (Å²) in [6.45, 7) is 5.26. The number of benzene rings is 1. The molecule has 0 fully saturated rings. The van der Waals surface area contributed by atoms with E-state index in [-0.39, 0.29) is 5.91 Å². The second-order valence-corrected chi connectivity index (χ2v) is 3.71. The average Bonchev–Trinajstić information content (AvgIpc) is 2.41. The summed E-state index contributed by atoms with van der Waals surface area (Å²) in [4.78, 5) is 20.7. The number of rotatable bonds is 2. The number of nitriles is 1. The van der Waals surface area contributed by atoms with Crippen LogP contribution in [0.3, 0.4) is 0 Å². The summed E-state index contributed by atoms with van der Waals surface area (Å²) in [5, 5.41) is 11.3. The Kier molecular flexibility index (Phi) is 8.14. The topological polar surface area (TPSA) is 117 Å². The van der Waals surface area contributed by atoms with Crippen LogP contribution in [0.25, 0.3) is 0 Å². The number of hydrogen-bond acceptors (Lipinski definition) is 5. The third kappa shape index (κ3) is 6.98. The summed E-state index contributed by atoms with van der Waals surface area (Å²) in [7, 11) is 0. The van der Waals surface area contributed by atoms with E-state index in [4.69, 9.17) is 10.00 Å². The lowest BCUT2D eigenvalue weighted by atomic mass is 10.1. The maximum Gasteiger partial charge on any atom is 0.411 e. The number of anilines is 1. The molecule has 0 saturated carbocycles. The molecule has 0 atom stereocenters. The number of carbonyl (C=O) groups is 2. The smallest absolute Gasteiger partial charge is 0.411 e. The Morgan fingerprint density at radius 3 is 2.50 bits per heavy atom. The van der Waals surface area contributed by atoms with E-state index in [0.29, 0.717) is 17.9 Å². The molecule has 7 heteroatoms. The number of aryl methyl sites for hydroxylation is 1. The number of hydrazine groups is 1. The summed E-state index contributed by atoms with van der Waals surface area (Å²) >= 11 is 0. The van der Waals surface area contributed by atoms with Gasteiger partial charge in [-0.2, -0.15) is 5.26 Å². The molecule has 0 bridgehead atoms. The molecule has 1 aromatic rings. The third-order valence-electron chi connectivity index (χ3n) is 2.01. The molecule has 0 saturated heterocycles. The van der Waals surface area contributed by atoms with Crippen LogP contribution in [0.5, 0.6) is 0 Å². The van der Waals surface area contributed by atoms with Crippen molar-refractivity contribution in [2.75, 3.05) is 11.9 Å². The van der Waals surface area contributed by atoms with Gasteiger partial charge in [0.1, 0.15) is 6.07 Å². The standard InChI is InChI=1S/C11H12N2O2.C2H6N2O/c1-3-15-11(14)13-10-5-4-8(2)6-9(10)7-12;1-2(5)4-3/h4-6H,3H2,1-2H3,(H,13,14);3H2,1H3,(H,4,5). The van der Waals surface area contributed by atoms with E-state index in [1.807, 2.05) is 24.5 Å². The maximum absolute atomic E-state index is 11.1. The van der Waals surface area contributed by atoms with Crippen molar-refractivity contribution in [2.24, 2.45) is 5.84 Å². The SMILES string of the molecule is CC(=O)NN.CCOC(=O)Nc1ccc(C)cc1C#N. The minimum atomic E-state index is -0.544. The van der Waals surface area contributed by atoms with Crippen LogP contribution in [0, 0.1) is 18.3 Å². The highest BCUT2D eigenvalue weighted by Gasteiger charge is 2.06. The Morgan fingerprint density at radius 1 is 1.45 bits per heavy atom. The number of ether oxygens (including phenoxy) is 1. The molecular weight excluding hydrogens is 260 g/mol. The van der Waals surface area contributed by atoms with Crippen molar-refractivity contribution in [3.05, 3.63) is 29.3 Å². The van der Waals surface area contributed by atoms with Gasteiger partial charge in [-0.15, -0.1) is 0 Å². The minimum Gasteiger partial charge on any atom is -0.450 e. The molecule has 1 aromatic carbocycles. The first kappa shape index (κ1) is 17.4. The number of nitrogens with one attached hydrogen (secondary N) is 2. The van der Waals surface area contributed by atoms with E-state index in [1.165, 1.54) is 6.92 Å². The van der Waals surface area contributed by atoms with E-state index < -0.39 is 6.09 Å². The van der Waals surface area contributed by atoms with Crippen molar-refractivity contribution >= 4 is 17.7 Å². The molecule has 0 aliphatic rings. The van der Waals surface area contributed by atoms with Gasteiger partial charge >= 0.3 is 6.09 Å². The zero-order chi connectivity index (χ0) is 15.5. The van der Waals surface area contributed by atoms with Crippen LogP contribution in [0.15, 0.2) is 18.2 Å². The van der Waals surface area contributed by atoms with E-state index >= 15 is 0 Å². The molecular formula is C13H18N4O3. The Labute approximate surface area is 117 Å². The first-order chi connectivity index (χ1) is 9.44. The molecule has 1 rings (SSSR count). The molecule has 0 aliphatic carbocycles. The number of amides is 2. The second-order valence-electron chi connectivity index (χ2n) is 3.71. The van der Waals surface area contributed by atoms with E-state index in [9.17, 15) is 9.59 Å². The van der Waals surface area contributed by atoms with Crippen LogP contribution < -0.4 is 16.6 Å². The van der Waals surface area contributed by atoms with Crippen molar-refractivity contribution in [3.8, 4) is 6.07 Å². The fourth-order valence-electron chi connectivity index (χ4n) is 1.14. The fourth-order valence-corrected chi connectivity index (χ4v) is 1.14. The zero-order valence-electron chi connectivity index (χ0n) is 11.7. The van der Waals surface area contributed by atoms with Crippen LogP contribution in [-0.2, 0) is 9.53 Å². The van der Waals surface area contributed by atoms with Gasteiger partial charge in [0.2, 0.25) is 5.91 Å². The first-order valence-corrected chi connectivity index (χ1v) is 5.86. The summed E-state index contributed by atoms with van der Waals surface area (Å²) in [6, 6.07) is 7.23. The van der Waals surface area contributed by atoms with Crippen molar-refractivity contribution in [3.63, 3.8) is 0 Å². The number of nitrogens with zero attached hydrogens (tertiary/aromatic N) is 1. The number of nitrogens with two attached hydrogens (primary N) is 1. The van der Waals surface area contributed by atoms with E-state index in [2.05, 4.69) is 11.2 Å². The first-order valence-electron chi connectivity index (χ1n) is 5.86. The van der Waals surface area contributed by atoms with Crippen LogP contribution in [0.4, 0.5) is 10.5 Å². The Morgan fingerprint density at radius 2 is 2.05 bits per heavy atom. The Balaban J connectivity index is 0.000000621. The van der Waals surface area contributed by atoms with E-state index in [0.717, 1.165) is 5.56 Å². The van der Waals surface area contributed by atoms with Gasteiger partial charge in [-0.1, -0.05) is 6.07 Å². The molecule has 2 amide bonds. The summed E-state index contributed by atoms with van der Waals surface area (Å²) < 4.78 is 4.72. The number of hydrogen-bond donors (Lipinski definition) is 3. The summed E-state index contributed by atoms with van der Waals surface area (Å²) in [5.41, 5.74) is 3.77. The van der Waals surface area contributed by atoms with E-state index in [1.54, 1.807) is 19.1 Å². The molecule has 0 heterocycles. The van der Waals surface area contributed by atoms with Gasteiger partial charge < -0.3 is 4.74 Å². The highest BCUT2D eigenvalue weighted by Crippen LogP contribution is 2.16. The number of carbonyl (C=O) groups excluding carboxylic acids is 2. The van der Waals surface area contributed by atoms with Gasteiger partial charge in [0, 0.05) is 6.92 Å². The lowest BCUT2D eigenvalue weighted by Crippen LogP contribution is -2.26. The molecule has 108 valence electrons. The van der Waals surface area contributed by atoms with Crippen LogP contribution in [0.2, 0.25) is 0 Å². The second kappa shape index (κ2) is 9.35. The Hall–Kier alpha value is -2.59. The van der Waals surface area contributed by atoms with Gasteiger partial charge in [0.25, 0.3) is 0 Å². The van der Waals surface area contributed by atoms with Gasteiger partial charge in [-0.25, -0.2) is 10.6 Å². The van der Waals surface area contributed by atoms with Crippen LogP contribution in [0.1, 0.15) is 25.0 Å². The highest BCUT2D eigenvalue weighted by atomic mass is 16.5. The maximum atomic E-state index is 11.1. The van der Waals surface area contributed by atoms with Crippen LogP contribution in [-0.4, -0.2) is 18.6 Å². The minimum absolute atomic E-state index is 0.218. The molecule has 7 nitrogen and oxygen atoms in total. The molecule has 0 aliphatic heterocycles. The van der Waals surface area contributed by atoms with Crippen molar-refractivity contribution in [1.29, 1.82) is 5.26 Å². The third-order valence-corrected chi connectivity index (χ3v) is 2.01. The normalized spacial score (nSPS) is 8.55. The summed E-state index contributed by atoms with van der Waals surface area (Å²) in [6.07, 6.45) is -0.544. The fraction of sp³-hybridized carbons (Fsp3) is 0.308. The van der Waals surface area contributed by atoms with Gasteiger partial charge in [-0.3, -0.25) is 15.5 Å². The predicted octanol–water partition coefficient (Wildman–Crippen LogP) is 1.43. The van der Waals surface area contributed by atoms with Gasteiger partial charge in [0.15, 0.2) is 0 Å². The van der Waals surface area contributed by atoms with Gasteiger partial charge in [0.05, 0.1) is 17.9 Å². The molecule has 20 heavy (non-hydrogen) atoms. The highest BCUT2D eigenvalue weighted by molar-refractivity contribution is 5.86. The Bertz CT molecular complexity index is 509. The largest absolute Gasteiger partial charge is 0.450 e. The zero-order valence-corrected chi connectivity index (χ0v) is 11.7. The molecule has 0 radical (unpaired) electrons. The monoisotopic (exact) mass is 278 g/mol. The van der Waals surface area contributed by atoms with Crippen molar-refractivity contribution < 1.29 is 14.3 Å². The lowest BCUT2D eigenvalue weighted by molar-refractivity contribution is -0.119. The molecule has 0 spiro atoms. The molecule has 4 N–H and O–H groups in total. The lowest BCUT2D eigenvalue weighted by Gasteiger charge is -2.07. The van der Waals surface area contributed by atoms with Crippen LogP contribution >= 0.6 is 0 Å². The molecule has 0 unspecified atom stereocenters.